The maximum Gasteiger partial charge on any atom is 0.220 e. The van der Waals surface area contributed by atoms with Crippen LogP contribution in [0.5, 0.6) is 0 Å². The zero-order chi connectivity index (χ0) is 17.3. The fraction of sp³-hybridized carbons (Fsp3) is 0.263. The SMILES string of the molecule is O=C(CCCc1ccccc1)NCCn1ccnc1-c1ncccn1. The molecule has 0 aliphatic rings. The summed E-state index contributed by atoms with van der Waals surface area (Å²) in [7, 11) is 0. The molecule has 3 aromatic rings. The van der Waals surface area contributed by atoms with Gasteiger partial charge < -0.3 is 9.88 Å². The molecule has 0 aliphatic heterocycles. The van der Waals surface area contributed by atoms with E-state index in [-0.39, 0.29) is 5.91 Å². The van der Waals surface area contributed by atoms with Crippen LogP contribution in [0.4, 0.5) is 0 Å². The number of nitrogens with one attached hydrogen (secondary N) is 1. The van der Waals surface area contributed by atoms with Crippen molar-refractivity contribution in [2.24, 2.45) is 0 Å². The highest BCUT2D eigenvalue weighted by Gasteiger charge is 2.08. The number of nitrogens with zero attached hydrogens (tertiary/aromatic N) is 4. The molecule has 0 spiro atoms. The predicted octanol–water partition coefficient (Wildman–Crippen LogP) is 2.48. The molecule has 6 nitrogen and oxygen atoms in total. The first kappa shape index (κ1) is 16.8. The molecule has 0 atom stereocenters. The van der Waals surface area contributed by atoms with Crippen LogP contribution in [0.2, 0.25) is 0 Å². The van der Waals surface area contributed by atoms with E-state index in [4.69, 9.17) is 0 Å². The van der Waals surface area contributed by atoms with Crippen molar-refractivity contribution in [2.45, 2.75) is 25.8 Å². The molecule has 2 heterocycles. The van der Waals surface area contributed by atoms with Crippen LogP contribution in [0.3, 0.4) is 0 Å². The molecule has 0 bridgehead atoms. The van der Waals surface area contributed by atoms with Crippen molar-refractivity contribution in [3.8, 4) is 11.6 Å². The van der Waals surface area contributed by atoms with Gasteiger partial charge in [0.15, 0.2) is 11.6 Å². The van der Waals surface area contributed by atoms with Gasteiger partial charge in [-0.3, -0.25) is 4.79 Å². The van der Waals surface area contributed by atoms with Crippen molar-refractivity contribution >= 4 is 5.91 Å². The van der Waals surface area contributed by atoms with Crippen molar-refractivity contribution < 1.29 is 4.79 Å². The van der Waals surface area contributed by atoms with Crippen LogP contribution in [0, 0.1) is 0 Å². The Morgan fingerprint density at radius 2 is 1.80 bits per heavy atom. The summed E-state index contributed by atoms with van der Waals surface area (Å²) in [4.78, 5) is 24.7. The van der Waals surface area contributed by atoms with Crippen LogP contribution in [0.15, 0.2) is 61.2 Å². The Morgan fingerprint density at radius 3 is 2.60 bits per heavy atom. The van der Waals surface area contributed by atoms with Gasteiger partial charge in [0.2, 0.25) is 5.91 Å². The average Bonchev–Trinajstić information content (AvgIpc) is 3.12. The second kappa shape index (κ2) is 8.73. The van der Waals surface area contributed by atoms with Gasteiger partial charge in [-0.25, -0.2) is 15.0 Å². The summed E-state index contributed by atoms with van der Waals surface area (Å²) in [5, 5.41) is 2.96. The van der Waals surface area contributed by atoms with E-state index < -0.39 is 0 Å². The zero-order valence-corrected chi connectivity index (χ0v) is 14.0. The van der Waals surface area contributed by atoms with Gasteiger partial charge in [-0.15, -0.1) is 0 Å². The molecule has 1 N–H and O–H groups in total. The summed E-state index contributed by atoms with van der Waals surface area (Å²) in [6, 6.07) is 12.0. The third-order valence-electron chi connectivity index (χ3n) is 3.87. The van der Waals surface area contributed by atoms with Crippen LogP contribution in [-0.4, -0.2) is 32.0 Å². The minimum atomic E-state index is 0.0774. The Balaban J connectivity index is 1.41. The fourth-order valence-electron chi connectivity index (χ4n) is 2.61. The molecule has 0 aliphatic carbocycles. The Bertz CT molecular complexity index is 786. The molecule has 128 valence electrons. The highest BCUT2D eigenvalue weighted by Crippen LogP contribution is 2.10. The van der Waals surface area contributed by atoms with Gasteiger partial charge in [0, 0.05) is 44.3 Å². The number of benzene rings is 1. The number of carbonyl (C=O) groups excluding carboxylic acids is 1. The minimum Gasteiger partial charge on any atom is -0.354 e. The Hall–Kier alpha value is -3.02. The first-order chi connectivity index (χ1) is 12.3. The van der Waals surface area contributed by atoms with Gasteiger partial charge in [0.1, 0.15) is 0 Å². The smallest absolute Gasteiger partial charge is 0.220 e. The number of aromatic nitrogens is 4. The highest BCUT2D eigenvalue weighted by molar-refractivity contribution is 5.75. The van der Waals surface area contributed by atoms with E-state index in [2.05, 4.69) is 32.4 Å². The first-order valence-corrected chi connectivity index (χ1v) is 8.42. The molecule has 0 saturated carbocycles. The quantitative estimate of drug-likeness (QED) is 0.686. The van der Waals surface area contributed by atoms with E-state index >= 15 is 0 Å². The van der Waals surface area contributed by atoms with E-state index in [1.807, 2.05) is 29.0 Å². The second-order valence-electron chi connectivity index (χ2n) is 5.71. The third kappa shape index (κ3) is 4.97. The summed E-state index contributed by atoms with van der Waals surface area (Å²) in [5.41, 5.74) is 1.27. The van der Waals surface area contributed by atoms with Gasteiger partial charge in [-0.05, 0) is 24.5 Å². The lowest BCUT2D eigenvalue weighted by Gasteiger charge is -2.08. The van der Waals surface area contributed by atoms with Crippen molar-refractivity contribution in [3.05, 3.63) is 66.7 Å². The molecule has 0 radical (unpaired) electrons. The van der Waals surface area contributed by atoms with E-state index in [1.54, 1.807) is 24.7 Å². The summed E-state index contributed by atoms with van der Waals surface area (Å²) in [5.74, 6) is 1.37. The molecule has 6 heteroatoms. The van der Waals surface area contributed by atoms with E-state index in [1.165, 1.54) is 5.56 Å². The van der Waals surface area contributed by atoms with Crippen LogP contribution in [0.1, 0.15) is 18.4 Å². The number of imidazole rings is 1. The van der Waals surface area contributed by atoms with Crippen LogP contribution in [0.25, 0.3) is 11.6 Å². The topological polar surface area (TPSA) is 72.7 Å². The Morgan fingerprint density at radius 1 is 1.00 bits per heavy atom. The second-order valence-corrected chi connectivity index (χ2v) is 5.71. The summed E-state index contributed by atoms with van der Waals surface area (Å²) < 4.78 is 1.94. The minimum absolute atomic E-state index is 0.0774. The lowest BCUT2D eigenvalue weighted by atomic mass is 10.1. The van der Waals surface area contributed by atoms with Gasteiger partial charge in [-0.2, -0.15) is 0 Å². The molecular weight excluding hydrogens is 314 g/mol. The van der Waals surface area contributed by atoms with Crippen LogP contribution >= 0.6 is 0 Å². The summed E-state index contributed by atoms with van der Waals surface area (Å²) in [6.07, 6.45) is 9.27. The number of rotatable bonds is 8. The number of hydrogen-bond acceptors (Lipinski definition) is 4. The summed E-state index contributed by atoms with van der Waals surface area (Å²) >= 11 is 0. The van der Waals surface area contributed by atoms with Crippen molar-refractivity contribution in [3.63, 3.8) is 0 Å². The zero-order valence-electron chi connectivity index (χ0n) is 14.0. The molecule has 0 saturated heterocycles. The Labute approximate surface area is 147 Å². The summed E-state index contributed by atoms with van der Waals surface area (Å²) in [6.45, 7) is 1.19. The van der Waals surface area contributed by atoms with E-state index in [0.717, 1.165) is 12.8 Å². The molecule has 1 amide bonds. The van der Waals surface area contributed by atoms with E-state index in [0.29, 0.717) is 31.2 Å². The van der Waals surface area contributed by atoms with Crippen molar-refractivity contribution in [1.29, 1.82) is 0 Å². The normalized spacial score (nSPS) is 10.6. The number of hydrogen-bond donors (Lipinski definition) is 1. The largest absolute Gasteiger partial charge is 0.354 e. The third-order valence-corrected chi connectivity index (χ3v) is 3.87. The number of aryl methyl sites for hydroxylation is 1. The van der Waals surface area contributed by atoms with Gasteiger partial charge in [0.25, 0.3) is 0 Å². The van der Waals surface area contributed by atoms with Gasteiger partial charge in [-0.1, -0.05) is 30.3 Å². The van der Waals surface area contributed by atoms with Gasteiger partial charge in [0.05, 0.1) is 0 Å². The lowest BCUT2D eigenvalue weighted by Crippen LogP contribution is -2.27. The molecule has 0 unspecified atom stereocenters. The maximum absolute atomic E-state index is 12.0. The predicted molar refractivity (Wildman–Crippen MR) is 95.6 cm³/mol. The number of amides is 1. The molecule has 3 rings (SSSR count). The molecule has 25 heavy (non-hydrogen) atoms. The fourth-order valence-corrected chi connectivity index (χ4v) is 2.61. The molecule has 0 fully saturated rings. The molecule has 1 aromatic carbocycles. The standard InChI is InChI=1S/C19H21N5O/c25-17(9-4-8-16-6-2-1-3-7-16)20-12-14-24-15-13-23-19(24)18-21-10-5-11-22-18/h1-3,5-7,10-11,13,15H,4,8-9,12,14H2,(H,20,25). The first-order valence-electron chi connectivity index (χ1n) is 8.42. The Kier molecular flexibility index (Phi) is 5.87. The average molecular weight is 335 g/mol. The van der Waals surface area contributed by atoms with Crippen LogP contribution < -0.4 is 5.32 Å². The molecular formula is C19H21N5O. The monoisotopic (exact) mass is 335 g/mol. The van der Waals surface area contributed by atoms with Crippen molar-refractivity contribution in [2.75, 3.05) is 6.54 Å². The highest BCUT2D eigenvalue weighted by atomic mass is 16.1. The van der Waals surface area contributed by atoms with Crippen LogP contribution in [-0.2, 0) is 17.8 Å². The molecule has 2 aromatic heterocycles. The lowest BCUT2D eigenvalue weighted by molar-refractivity contribution is -0.121. The maximum atomic E-state index is 12.0. The van der Waals surface area contributed by atoms with Gasteiger partial charge >= 0.3 is 0 Å². The van der Waals surface area contributed by atoms with Crippen molar-refractivity contribution in [1.82, 2.24) is 24.8 Å². The number of carbonyl (C=O) groups is 1. The van der Waals surface area contributed by atoms with E-state index in [9.17, 15) is 4.79 Å².